The lowest BCUT2D eigenvalue weighted by Gasteiger charge is -2.41. The van der Waals surface area contributed by atoms with Crippen molar-refractivity contribution in [1.82, 2.24) is 20.5 Å². The van der Waals surface area contributed by atoms with Crippen LogP contribution in [0.25, 0.3) is 10.9 Å². The number of hydrogen-bond acceptors (Lipinski definition) is 4. The number of H-pyrrole nitrogens is 1. The topological polar surface area (TPSA) is 158 Å². The molecule has 1 aliphatic rings. The second kappa shape index (κ2) is 14.9. The first-order valence-corrected chi connectivity index (χ1v) is 16.7. The van der Waals surface area contributed by atoms with Crippen LogP contribution in [0.4, 0.5) is 18.0 Å². The number of rotatable bonds is 12. The molecule has 5 atom stereocenters. The van der Waals surface area contributed by atoms with Crippen LogP contribution >= 0.6 is 23.2 Å². The number of primary amides is 1. The van der Waals surface area contributed by atoms with Crippen molar-refractivity contribution < 1.29 is 37.5 Å². The Hall–Kier alpha value is -3.97. The van der Waals surface area contributed by atoms with E-state index in [9.17, 15) is 37.5 Å². The fourth-order valence-electron chi connectivity index (χ4n) is 6.48. The summed E-state index contributed by atoms with van der Waals surface area (Å²) >= 11 is 12.8. The molecule has 266 valence electrons. The van der Waals surface area contributed by atoms with Gasteiger partial charge in [0.25, 0.3) is 0 Å². The molecule has 0 saturated carbocycles. The van der Waals surface area contributed by atoms with Crippen LogP contribution in [0.2, 0.25) is 10.0 Å². The first kappa shape index (κ1) is 37.8. The number of nitrogens with zero attached hydrogens (tertiary/aromatic N) is 1. The Morgan fingerprint density at radius 2 is 1.73 bits per heavy atom. The number of amides is 4. The Morgan fingerprint density at radius 3 is 2.33 bits per heavy atom. The van der Waals surface area contributed by atoms with Crippen molar-refractivity contribution in [2.24, 2.45) is 17.6 Å². The van der Waals surface area contributed by atoms with E-state index >= 15 is 0 Å². The number of aryl methyl sites for hydroxylation is 1. The van der Waals surface area contributed by atoms with Gasteiger partial charge in [-0.05, 0) is 54.0 Å². The number of carbonyl (C=O) groups is 4. The number of fused-ring (bicyclic) bond motifs is 3. The average Bonchev–Trinajstić information content (AvgIpc) is 3.39. The van der Waals surface area contributed by atoms with Gasteiger partial charge in [-0.15, -0.1) is 0 Å². The lowest BCUT2D eigenvalue weighted by atomic mass is 9.78. The van der Waals surface area contributed by atoms with Crippen LogP contribution in [0.5, 0.6) is 0 Å². The van der Waals surface area contributed by atoms with Gasteiger partial charge < -0.3 is 26.5 Å². The lowest BCUT2D eigenvalue weighted by molar-refractivity contribution is -0.140. The zero-order valence-electron chi connectivity index (χ0n) is 27.5. The van der Waals surface area contributed by atoms with Gasteiger partial charge >= 0.3 is 12.3 Å². The third-order valence-corrected chi connectivity index (χ3v) is 10.1. The van der Waals surface area contributed by atoms with E-state index in [-0.39, 0.29) is 37.2 Å². The molecule has 0 radical (unpaired) electrons. The molecule has 2 aromatic carbocycles. The number of carbonyl (C=O) groups excluding carboxylic acids is 3. The summed E-state index contributed by atoms with van der Waals surface area (Å²) in [5.74, 6) is -3.41. The predicted molar refractivity (Wildman–Crippen MR) is 180 cm³/mol. The zero-order chi connectivity index (χ0) is 36.4. The van der Waals surface area contributed by atoms with Crippen LogP contribution in [0, 0.1) is 11.8 Å². The van der Waals surface area contributed by atoms with Gasteiger partial charge in [-0.3, -0.25) is 19.3 Å². The Kier molecular flexibility index (Phi) is 11.5. The summed E-state index contributed by atoms with van der Waals surface area (Å²) in [6, 6.07) is 5.21. The van der Waals surface area contributed by atoms with Crippen LogP contribution in [0.1, 0.15) is 69.3 Å². The van der Waals surface area contributed by atoms with Crippen molar-refractivity contribution in [2.75, 3.05) is 0 Å². The molecule has 0 fully saturated rings. The Bertz CT molecular complexity index is 1750. The number of alkyl halides is 3. The third kappa shape index (κ3) is 7.93. The van der Waals surface area contributed by atoms with Crippen molar-refractivity contribution in [3.63, 3.8) is 0 Å². The second-order valence-corrected chi connectivity index (χ2v) is 13.6. The number of hydrogen-bond donors (Lipinski definition) is 5. The predicted octanol–water partition coefficient (Wildman–Crippen LogP) is 6.45. The highest BCUT2D eigenvalue weighted by Crippen LogP contribution is 2.39. The van der Waals surface area contributed by atoms with Gasteiger partial charge in [0.05, 0.1) is 22.6 Å². The minimum Gasteiger partial charge on any atom is -0.465 e. The largest absolute Gasteiger partial charge is 0.465 e. The molecular formula is C34H40Cl2F3N5O5. The van der Waals surface area contributed by atoms with Crippen molar-refractivity contribution in [2.45, 2.75) is 90.1 Å². The highest BCUT2D eigenvalue weighted by atomic mass is 35.5. The summed E-state index contributed by atoms with van der Waals surface area (Å²) in [5.41, 5.74) is 4.54. The summed E-state index contributed by atoms with van der Waals surface area (Å²) in [6.07, 6.45) is -5.43. The van der Waals surface area contributed by atoms with Gasteiger partial charge in [0.15, 0.2) is 0 Å². The van der Waals surface area contributed by atoms with Crippen LogP contribution in [0.15, 0.2) is 36.4 Å². The number of benzene rings is 2. The minimum atomic E-state index is -4.77. The van der Waals surface area contributed by atoms with Gasteiger partial charge in [-0.2, -0.15) is 13.2 Å². The van der Waals surface area contributed by atoms with E-state index in [1.165, 1.54) is 12.1 Å². The van der Waals surface area contributed by atoms with Gasteiger partial charge in [0, 0.05) is 22.5 Å². The monoisotopic (exact) mass is 725 g/mol. The molecule has 15 heteroatoms. The molecule has 1 aliphatic carbocycles. The van der Waals surface area contributed by atoms with Gasteiger partial charge in [0.1, 0.15) is 17.6 Å². The molecule has 10 nitrogen and oxygen atoms in total. The highest BCUT2D eigenvalue weighted by Gasteiger charge is 2.48. The SMILES string of the molecule is CCC(C)[C@H](NC(=O)[C@@]1(NC(=O)[C@H](C(C)CC)N(Cc2ccccc2C(F)(F)F)C(=O)O)CCc2[nH]c3c(Cl)cc(Cl)cc3c2C1)C(N)=O. The standard InChI is InChI=1S/C34H40Cl2F3N5O5/c1-5-17(3)26(29(40)45)42-31(47)33(12-11-25-22(15-33)21-13-20(35)14-24(36)27(21)41-25)43-30(46)28(18(4)6-2)44(32(48)49)16-19-9-7-8-10-23(19)34(37,38)39/h7-10,13-14,17-18,26,28,41H,5-6,11-12,15-16H2,1-4H3,(H2,40,45)(H,42,47)(H,43,46)(H,48,49)/t17?,18?,26-,28-,33+/m0/s1. The Labute approximate surface area is 291 Å². The number of nitrogens with one attached hydrogen (secondary N) is 3. The van der Waals surface area contributed by atoms with Gasteiger partial charge in [-0.25, -0.2) is 4.79 Å². The summed E-state index contributed by atoms with van der Waals surface area (Å²) in [6.45, 7) is 6.15. The van der Waals surface area contributed by atoms with Crippen molar-refractivity contribution in [3.05, 3.63) is 68.8 Å². The summed E-state index contributed by atoms with van der Waals surface area (Å²) in [5, 5.41) is 17.2. The fraction of sp³-hybridized carbons (Fsp3) is 0.471. The third-order valence-electron chi connectivity index (χ3n) is 9.60. The van der Waals surface area contributed by atoms with E-state index in [2.05, 4.69) is 15.6 Å². The van der Waals surface area contributed by atoms with Crippen molar-refractivity contribution in [1.29, 1.82) is 0 Å². The van der Waals surface area contributed by atoms with E-state index in [1.807, 2.05) is 6.92 Å². The normalized spacial score (nSPS) is 18.6. The van der Waals surface area contributed by atoms with E-state index in [0.29, 0.717) is 37.8 Å². The van der Waals surface area contributed by atoms with E-state index < -0.39 is 65.6 Å². The minimum absolute atomic E-state index is 0.0267. The molecule has 4 rings (SSSR count). The lowest BCUT2D eigenvalue weighted by Crippen LogP contribution is -2.67. The fourth-order valence-corrected chi connectivity index (χ4v) is 7.02. The zero-order valence-corrected chi connectivity index (χ0v) is 29.0. The average molecular weight is 727 g/mol. The quantitative estimate of drug-likeness (QED) is 0.145. The molecule has 49 heavy (non-hydrogen) atoms. The molecule has 0 saturated heterocycles. The van der Waals surface area contributed by atoms with Crippen LogP contribution < -0.4 is 16.4 Å². The smallest absolute Gasteiger partial charge is 0.416 e. The van der Waals surface area contributed by atoms with Crippen LogP contribution in [-0.4, -0.2) is 56.4 Å². The van der Waals surface area contributed by atoms with Gasteiger partial charge in [0.2, 0.25) is 17.7 Å². The molecular weight excluding hydrogens is 686 g/mol. The summed E-state index contributed by atoms with van der Waals surface area (Å²) < 4.78 is 41.7. The van der Waals surface area contributed by atoms with Crippen LogP contribution in [0.3, 0.4) is 0 Å². The Balaban J connectivity index is 1.81. The molecule has 2 unspecified atom stereocenters. The number of carboxylic acid groups (broad SMARTS) is 1. The first-order valence-electron chi connectivity index (χ1n) is 16.0. The molecule has 1 heterocycles. The van der Waals surface area contributed by atoms with E-state index in [0.717, 1.165) is 17.8 Å². The summed E-state index contributed by atoms with van der Waals surface area (Å²) in [7, 11) is 0. The van der Waals surface area contributed by atoms with Crippen LogP contribution in [-0.2, 0) is 39.9 Å². The second-order valence-electron chi connectivity index (χ2n) is 12.8. The number of nitrogens with two attached hydrogens (primary N) is 1. The molecule has 4 amide bonds. The molecule has 0 spiro atoms. The van der Waals surface area contributed by atoms with E-state index in [4.69, 9.17) is 28.9 Å². The Morgan fingerprint density at radius 1 is 1.08 bits per heavy atom. The number of aromatic nitrogens is 1. The summed E-state index contributed by atoms with van der Waals surface area (Å²) in [4.78, 5) is 57.9. The van der Waals surface area contributed by atoms with Crippen molar-refractivity contribution in [3.8, 4) is 0 Å². The maximum absolute atomic E-state index is 14.4. The number of halogens is 5. The molecule has 3 aromatic rings. The molecule has 1 aromatic heterocycles. The maximum atomic E-state index is 14.4. The number of aromatic amines is 1. The molecule has 0 aliphatic heterocycles. The maximum Gasteiger partial charge on any atom is 0.416 e. The molecule has 0 bridgehead atoms. The van der Waals surface area contributed by atoms with Gasteiger partial charge in [-0.1, -0.05) is 81.9 Å². The van der Waals surface area contributed by atoms with Crippen molar-refractivity contribution >= 4 is 57.9 Å². The first-order chi connectivity index (χ1) is 22.9. The highest BCUT2D eigenvalue weighted by molar-refractivity contribution is 6.38. The molecule has 6 N–H and O–H groups in total. The van der Waals surface area contributed by atoms with E-state index in [1.54, 1.807) is 32.9 Å².